The van der Waals surface area contributed by atoms with Gasteiger partial charge in [0.1, 0.15) is 12.4 Å². The largest absolute Gasteiger partial charge is 0.487 e. The van der Waals surface area contributed by atoms with Crippen molar-refractivity contribution in [1.29, 1.82) is 0 Å². The number of Topliss-reactive ketones (excluding diaryl/α,β-unsaturated/α-hetero) is 1. The van der Waals surface area contributed by atoms with Crippen LogP contribution in [0.2, 0.25) is 0 Å². The number of rotatable bonds is 4. The molecule has 1 aromatic carbocycles. The van der Waals surface area contributed by atoms with Crippen LogP contribution >= 0.6 is 11.3 Å². The summed E-state index contributed by atoms with van der Waals surface area (Å²) >= 11 is 1.61. The summed E-state index contributed by atoms with van der Waals surface area (Å²) in [6.45, 7) is 5.94. The van der Waals surface area contributed by atoms with Gasteiger partial charge in [-0.3, -0.25) is 4.79 Å². The lowest BCUT2D eigenvalue weighted by atomic mass is 10.1. The van der Waals surface area contributed by atoms with Crippen molar-refractivity contribution in [2.75, 3.05) is 0 Å². The summed E-state index contributed by atoms with van der Waals surface area (Å²) in [5, 5.41) is 3.03. The van der Waals surface area contributed by atoms with Crippen LogP contribution in [0.4, 0.5) is 0 Å². The minimum Gasteiger partial charge on any atom is -0.487 e. The number of ether oxygens (including phenoxy) is 1. The number of benzene rings is 1. The fraction of sp³-hybridized carbons (Fsp3) is 0.286. The van der Waals surface area contributed by atoms with E-state index in [4.69, 9.17) is 4.74 Å². The number of carbonyl (C=O) groups excluding carboxylic acids is 1. The Labute approximate surface area is 110 Å². The quantitative estimate of drug-likeness (QED) is 0.790. The van der Waals surface area contributed by atoms with Gasteiger partial charge in [-0.15, -0.1) is 11.3 Å². The fourth-order valence-corrected chi connectivity index (χ4v) is 2.25. The van der Waals surface area contributed by atoms with E-state index >= 15 is 0 Å². The first-order valence-corrected chi connectivity index (χ1v) is 6.59. The van der Waals surface area contributed by atoms with Crippen LogP contribution in [0.25, 0.3) is 0 Å². The van der Waals surface area contributed by atoms with E-state index in [2.05, 4.69) is 4.98 Å². The molecule has 0 fully saturated rings. The molecule has 0 saturated heterocycles. The highest BCUT2D eigenvalue weighted by molar-refractivity contribution is 7.09. The Morgan fingerprint density at radius 2 is 2.17 bits per heavy atom. The standard InChI is InChI=1S/C14H15NO2S/c1-9-6-12(10(2)16)4-5-14(9)17-7-13-8-18-11(3)15-13/h4-6,8H,7H2,1-3H3. The predicted octanol–water partition coefficient (Wildman–Crippen LogP) is 3.54. The average Bonchev–Trinajstić information content (AvgIpc) is 2.73. The summed E-state index contributed by atoms with van der Waals surface area (Å²) in [4.78, 5) is 15.6. The van der Waals surface area contributed by atoms with E-state index < -0.39 is 0 Å². The van der Waals surface area contributed by atoms with Crippen molar-refractivity contribution in [3.05, 3.63) is 45.4 Å². The normalized spacial score (nSPS) is 10.4. The molecule has 0 aliphatic heterocycles. The van der Waals surface area contributed by atoms with Gasteiger partial charge in [0, 0.05) is 10.9 Å². The Morgan fingerprint density at radius 1 is 1.39 bits per heavy atom. The first kappa shape index (κ1) is 12.8. The Balaban J connectivity index is 2.08. The van der Waals surface area contributed by atoms with Crippen LogP contribution in [0, 0.1) is 13.8 Å². The zero-order chi connectivity index (χ0) is 13.1. The molecule has 18 heavy (non-hydrogen) atoms. The Morgan fingerprint density at radius 3 is 2.72 bits per heavy atom. The van der Waals surface area contributed by atoms with Crippen LogP contribution in [-0.2, 0) is 6.61 Å². The zero-order valence-electron chi connectivity index (χ0n) is 10.7. The van der Waals surface area contributed by atoms with Gasteiger partial charge in [-0.05, 0) is 44.5 Å². The second-order valence-corrected chi connectivity index (χ2v) is 5.25. The van der Waals surface area contributed by atoms with E-state index in [9.17, 15) is 4.79 Å². The van der Waals surface area contributed by atoms with Crippen LogP contribution in [0.5, 0.6) is 5.75 Å². The van der Waals surface area contributed by atoms with E-state index in [1.165, 1.54) is 0 Å². The summed E-state index contributed by atoms with van der Waals surface area (Å²) in [6, 6.07) is 5.48. The third-order valence-corrected chi connectivity index (χ3v) is 3.45. The average molecular weight is 261 g/mol. The van der Waals surface area contributed by atoms with Crippen molar-refractivity contribution in [2.45, 2.75) is 27.4 Å². The molecule has 1 heterocycles. The lowest BCUT2D eigenvalue weighted by Gasteiger charge is -2.08. The number of aromatic nitrogens is 1. The van der Waals surface area contributed by atoms with Gasteiger partial charge < -0.3 is 4.74 Å². The van der Waals surface area contributed by atoms with Gasteiger partial charge in [0.25, 0.3) is 0 Å². The molecule has 0 saturated carbocycles. The molecule has 94 valence electrons. The number of carbonyl (C=O) groups is 1. The lowest BCUT2D eigenvalue weighted by molar-refractivity contribution is 0.101. The fourth-order valence-electron chi connectivity index (χ4n) is 1.66. The second-order valence-electron chi connectivity index (χ2n) is 4.18. The molecule has 2 aromatic rings. The highest BCUT2D eigenvalue weighted by Crippen LogP contribution is 2.21. The van der Waals surface area contributed by atoms with Crippen molar-refractivity contribution in [2.24, 2.45) is 0 Å². The molecule has 0 bridgehead atoms. The van der Waals surface area contributed by atoms with Crippen molar-refractivity contribution in [1.82, 2.24) is 4.98 Å². The van der Waals surface area contributed by atoms with Crippen LogP contribution in [-0.4, -0.2) is 10.8 Å². The third-order valence-electron chi connectivity index (χ3n) is 2.62. The Hall–Kier alpha value is -1.68. The second kappa shape index (κ2) is 5.31. The summed E-state index contributed by atoms with van der Waals surface area (Å²) in [7, 11) is 0. The minimum absolute atomic E-state index is 0.0692. The maximum absolute atomic E-state index is 11.2. The molecule has 1 aromatic heterocycles. The number of hydrogen-bond donors (Lipinski definition) is 0. The molecular formula is C14H15NO2S. The van der Waals surface area contributed by atoms with E-state index in [-0.39, 0.29) is 5.78 Å². The predicted molar refractivity (Wildman–Crippen MR) is 72.4 cm³/mol. The van der Waals surface area contributed by atoms with Crippen LogP contribution in [0.15, 0.2) is 23.6 Å². The summed E-state index contributed by atoms with van der Waals surface area (Å²) < 4.78 is 5.70. The van der Waals surface area contributed by atoms with Crippen molar-refractivity contribution >= 4 is 17.1 Å². The van der Waals surface area contributed by atoms with Gasteiger partial charge in [-0.25, -0.2) is 4.98 Å². The number of ketones is 1. The van der Waals surface area contributed by atoms with Crippen molar-refractivity contribution < 1.29 is 9.53 Å². The van der Waals surface area contributed by atoms with Crippen LogP contribution < -0.4 is 4.74 Å². The maximum Gasteiger partial charge on any atom is 0.159 e. The molecule has 0 aliphatic rings. The van der Waals surface area contributed by atoms with Gasteiger partial charge >= 0.3 is 0 Å². The molecule has 3 nitrogen and oxygen atoms in total. The SMILES string of the molecule is CC(=O)c1ccc(OCc2csc(C)n2)c(C)c1. The Kier molecular flexibility index (Phi) is 3.77. The molecule has 0 atom stereocenters. The molecule has 0 unspecified atom stereocenters. The maximum atomic E-state index is 11.2. The van der Waals surface area contributed by atoms with E-state index in [1.54, 1.807) is 24.3 Å². The number of nitrogens with zero attached hydrogens (tertiary/aromatic N) is 1. The topological polar surface area (TPSA) is 39.2 Å². The number of thiazole rings is 1. The summed E-state index contributed by atoms with van der Waals surface area (Å²) in [5.41, 5.74) is 2.62. The third kappa shape index (κ3) is 2.96. The highest BCUT2D eigenvalue weighted by atomic mass is 32.1. The zero-order valence-corrected chi connectivity index (χ0v) is 11.5. The molecule has 0 amide bonds. The Bertz CT molecular complexity index is 575. The first-order valence-electron chi connectivity index (χ1n) is 5.71. The van der Waals surface area contributed by atoms with E-state index in [0.29, 0.717) is 12.2 Å². The highest BCUT2D eigenvalue weighted by Gasteiger charge is 2.05. The molecule has 4 heteroatoms. The molecule has 0 N–H and O–H groups in total. The minimum atomic E-state index is 0.0692. The monoisotopic (exact) mass is 261 g/mol. The summed E-state index contributed by atoms with van der Waals surface area (Å²) in [6.07, 6.45) is 0. The van der Waals surface area contributed by atoms with E-state index in [0.717, 1.165) is 22.0 Å². The molecule has 0 radical (unpaired) electrons. The first-order chi connectivity index (χ1) is 8.56. The molecule has 0 spiro atoms. The van der Waals surface area contributed by atoms with Crippen LogP contribution in [0.1, 0.15) is 33.5 Å². The van der Waals surface area contributed by atoms with Gasteiger partial charge in [0.15, 0.2) is 5.78 Å². The van der Waals surface area contributed by atoms with Crippen molar-refractivity contribution in [3.63, 3.8) is 0 Å². The number of aryl methyl sites for hydroxylation is 2. The molecular weight excluding hydrogens is 246 g/mol. The van der Waals surface area contributed by atoms with Gasteiger partial charge in [0.05, 0.1) is 10.7 Å². The van der Waals surface area contributed by atoms with Gasteiger partial charge in [-0.1, -0.05) is 0 Å². The van der Waals surface area contributed by atoms with Gasteiger partial charge in [0.2, 0.25) is 0 Å². The number of hydrogen-bond acceptors (Lipinski definition) is 4. The van der Waals surface area contributed by atoms with E-state index in [1.807, 2.05) is 31.4 Å². The smallest absolute Gasteiger partial charge is 0.159 e. The molecule has 2 rings (SSSR count). The summed E-state index contributed by atoms with van der Waals surface area (Å²) in [5.74, 6) is 0.866. The molecule has 0 aliphatic carbocycles. The lowest BCUT2D eigenvalue weighted by Crippen LogP contribution is -1.99. The van der Waals surface area contributed by atoms with Crippen molar-refractivity contribution in [3.8, 4) is 5.75 Å². The van der Waals surface area contributed by atoms with Crippen LogP contribution in [0.3, 0.4) is 0 Å². The van der Waals surface area contributed by atoms with Gasteiger partial charge in [-0.2, -0.15) is 0 Å².